The van der Waals surface area contributed by atoms with Crippen LogP contribution in [0.5, 0.6) is 0 Å². The second kappa shape index (κ2) is 14.4. The third-order valence-corrected chi connectivity index (χ3v) is 8.16. The molecule has 2 atom stereocenters. The van der Waals surface area contributed by atoms with E-state index in [1.165, 1.54) is 12.1 Å². The van der Waals surface area contributed by atoms with E-state index in [4.69, 9.17) is 6.42 Å². The molecule has 0 spiro atoms. The van der Waals surface area contributed by atoms with E-state index in [1.807, 2.05) is 43.4 Å². The minimum Gasteiger partial charge on any atom is -0.390 e. The van der Waals surface area contributed by atoms with Gasteiger partial charge in [-0.1, -0.05) is 47.3 Å². The van der Waals surface area contributed by atoms with Crippen molar-refractivity contribution in [2.24, 2.45) is 0 Å². The summed E-state index contributed by atoms with van der Waals surface area (Å²) < 4.78 is 28.8. The Kier molecular flexibility index (Phi) is 10.9. The zero-order valence-corrected chi connectivity index (χ0v) is 25.7. The smallest absolute Gasteiger partial charge is 0.251 e. The molecule has 3 aromatic carbocycles. The molecule has 8 heteroatoms. The number of halogens is 3. The summed E-state index contributed by atoms with van der Waals surface area (Å²) in [7, 11) is 2.04. The Morgan fingerprint density at radius 3 is 2.52 bits per heavy atom. The molecule has 0 radical (unpaired) electrons. The zero-order valence-electron chi connectivity index (χ0n) is 24.1. The summed E-state index contributed by atoms with van der Waals surface area (Å²) in [5.41, 5.74) is 3.27. The second-order valence-electron chi connectivity index (χ2n) is 11.3. The molecule has 0 saturated heterocycles. The summed E-state index contributed by atoms with van der Waals surface area (Å²) in [5, 5.41) is 17.7. The molecule has 1 aliphatic carbocycles. The largest absolute Gasteiger partial charge is 0.390 e. The van der Waals surface area contributed by atoms with Gasteiger partial charge in [-0.25, -0.2) is 8.78 Å². The summed E-state index contributed by atoms with van der Waals surface area (Å²) >= 11 is 3.52. The topological polar surface area (TPSA) is 64.6 Å². The number of hydrogen-bond donors (Lipinski definition) is 3. The maximum Gasteiger partial charge on any atom is 0.251 e. The molecule has 1 fully saturated rings. The van der Waals surface area contributed by atoms with Gasteiger partial charge in [0.25, 0.3) is 5.91 Å². The van der Waals surface area contributed by atoms with Gasteiger partial charge in [0, 0.05) is 40.3 Å². The van der Waals surface area contributed by atoms with Gasteiger partial charge in [-0.2, -0.15) is 0 Å². The van der Waals surface area contributed by atoms with Gasteiger partial charge in [-0.05, 0) is 98.4 Å². The first kappa shape index (κ1) is 31.8. The fourth-order valence-electron chi connectivity index (χ4n) is 5.25. The molecule has 3 N–H and O–H groups in total. The maximum atomic E-state index is 14.0. The molecule has 5 nitrogen and oxygen atoms in total. The quantitative estimate of drug-likeness (QED) is 0.192. The molecule has 0 bridgehead atoms. The van der Waals surface area contributed by atoms with Crippen molar-refractivity contribution >= 4 is 21.8 Å². The number of amides is 1. The molecule has 0 heterocycles. The third kappa shape index (κ3) is 8.71. The first-order valence-electron chi connectivity index (χ1n) is 14.3. The Hall–Kier alpha value is -3.09. The van der Waals surface area contributed by atoms with Gasteiger partial charge in [-0.3, -0.25) is 4.79 Å². The Bertz CT molecular complexity index is 1420. The van der Waals surface area contributed by atoms with E-state index in [-0.39, 0.29) is 24.4 Å². The molecule has 0 aromatic heterocycles. The Morgan fingerprint density at radius 1 is 1.12 bits per heavy atom. The van der Waals surface area contributed by atoms with Crippen molar-refractivity contribution in [1.82, 2.24) is 15.5 Å². The third-order valence-electron chi connectivity index (χ3n) is 7.71. The van der Waals surface area contributed by atoms with Gasteiger partial charge in [-0.15, -0.1) is 6.42 Å². The normalized spacial score (nSPS) is 15.2. The van der Waals surface area contributed by atoms with Gasteiger partial charge in [0.05, 0.1) is 12.1 Å². The molecule has 42 heavy (non-hydrogen) atoms. The average Bonchev–Trinajstić information content (AvgIpc) is 3.75. The molecule has 222 valence electrons. The minimum absolute atomic E-state index is 0.0451. The van der Waals surface area contributed by atoms with Crippen LogP contribution in [0.1, 0.15) is 65.2 Å². The van der Waals surface area contributed by atoms with Crippen LogP contribution in [0.2, 0.25) is 0 Å². The van der Waals surface area contributed by atoms with Crippen LogP contribution in [-0.4, -0.2) is 48.2 Å². The minimum atomic E-state index is -1.04. The number of carbonyl (C=O) groups excluding carboxylic acids is 1. The monoisotopic (exact) mass is 637 g/mol. The van der Waals surface area contributed by atoms with Crippen molar-refractivity contribution in [3.8, 4) is 12.3 Å². The van der Waals surface area contributed by atoms with Crippen molar-refractivity contribution in [3.05, 3.63) is 105 Å². The standard InChI is InChI=1S/C34H38BrF2N3O2/c1-4-6-12-40(3)22-25-13-26(19-28(35)15-25)33(42)39-31(18-24-16-29(36)20-30(37)17-24)32(41)21-38-34(10-11-34)27-9-7-8-23(5-2)14-27/h2,7-9,13-17,19-20,31-32,38,41H,4,6,10-12,18,21-22H2,1,3H3,(H,39,42)/t31-,32+/m0/s1. The van der Waals surface area contributed by atoms with Gasteiger partial charge >= 0.3 is 0 Å². The number of aliphatic hydroxyl groups excluding tert-OH is 1. The van der Waals surface area contributed by atoms with Crippen LogP contribution in [-0.2, 0) is 18.5 Å². The van der Waals surface area contributed by atoms with Crippen LogP contribution < -0.4 is 10.6 Å². The first-order valence-corrected chi connectivity index (χ1v) is 15.1. The predicted molar refractivity (Wildman–Crippen MR) is 166 cm³/mol. The predicted octanol–water partition coefficient (Wildman–Crippen LogP) is 5.92. The fourth-order valence-corrected chi connectivity index (χ4v) is 5.79. The highest BCUT2D eigenvalue weighted by molar-refractivity contribution is 9.10. The lowest BCUT2D eigenvalue weighted by atomic mass is 9.98. The highest BCUT2D eigenvalue weighted by Gasteiger charge is 2.44. The Morgan fingerprint density at radius 2 is 1.86 bits per heavy atom. The van der Waals surface area contributed by atoms with Crippen LogP contribution in [0.4, 0.5) is 8.78 Å². The Labute approximate surface area is 255 Å². The van der Waals surface area contributed by atoms with Gasteiger partial charge in [0.2, 0.25) is 0 Å². The lowest BCUT2D eigenvalue weighted by Crippen LogP contribution is -2.50. The SMILES string of the molecule is C#Cc1cccc(C2(NC[C@@H](O)[C@H](Cc3cc(F)cc(F)c3)NC(=O)c3cc(Br)cc(CN(C)CCCC)c3)CC2)c1. The van der Waals surface area contributed by atoms with Crippen molar-refractivity contribution < 1.29 is 18.7 Å². The maximum absolute atomic E-state index is 14.0. The van der Waals surface area contributed by atoms with E-state index in [0.717, 1.165) is 59.5 Å². The highest BCUT2D eigenvalue weighted by atomic mass is 79.9. The second-order valence-corrected chi connectivity index (χ2v) is 12.2. The summed E-state index contributed by atoms with van der Waals surface area (Å²) in [4.78, 5) is 15.7. The number of aliphatic hydroxyl groups is 1. The number of rotatable bonds is 14. The molecule has 1 saturated carbocycles. The lowest BCUT2D eigenvalue weighted by molar-refractivity contribution is 0.0821. The van der Waals surface area contributed by atoms with Gasteiger partial charge in [0.15, 0.2) is 0 Å². The average molecular weight is 639 g/mol. The molecular formula is C34H38BrF2N3O2. The molecule has 1 aliphatic rings. The molecule has 1 amide bonds. The van der Waals surface area contributed by atoms with Crippen LogP contribution in [0.15, 0.2) is 65.1 Å². The Balaban J connectivity index is 1.52. The summed E-state index contributed by atoms with van der Waals surface area (Å²) in [6.07, 6.45) is 8.54. The van der Waals surface area contributed by atoms with Crippen LogP contribution >= 0.6 is 15.9 Å². The van der Waals surface area contributed by atoms with Crippen LogP contribution in [0.25, 0.3) is 0 Å². The van der Waals surface area contributed by atoms with Crippen molar-refractivity contribution in [2.75, 3.05) is 20.1 Å². The van der Waals surface area contributed by atoms with E-state index in [9.17, 15) is 18.7 Å². The number of hydrogen-bond acceptors (Lipinski definition) is 4. The summed E-state index contributed by atoms with van der Waals surface area (Å²) in [6.45, 7) is 3.94. The molecule has 0 aliphatic heterocycles. The van der Waals surface area contributed by atoms with Crippen LogP contribution in [0.3, 0.4) is 0 Å². The van der Waals surface area contributed by atoms with E-state index in [0.29, 0.717) is 17.7 Å². The number of unbranched alkanes of at least 4 members (excludes halogenated alkanes) is 1. The van der Waals surface area contributed by atoms with Crippen molar-refractivity contribution in [1.29, 1.82) is 0 Å². The number of terminal acetylenes is 1. The molecular weight excluding hydrogens is 600 g/mol. The number of nitrogens with one attached hydrogen (secondary N) is 2. The van der Waals surface area contributed by atoms with Crippen LogP contribution in [0, 0.1) is 24.0 Å². The van der Waals surface area contributed by atoms with Crippen molar-refractivity contribution in [3.63, 3.8) is 0 Å². The van der Waals surface area contributed by atoms with Crippen molar-refractivity contribution in [2.45, 2.75) is 63.3 Å². The van der Waals surface area contributed by atoms with E-state index < -0.39 is 23.8 Å². The number of carbonyl (C=O) groups is 1. The number of benzene rings is 3. The first-order chi connectivity index (χ1) is 20.1. The molecule has 3 aromatic rings. The van der Waals surface area contributed by atoms with E-state index in [1.54, 1.807) is 6.07 Å². The summed E-state index contributed by atoms with van der Waals surface area (Å²) in [6, 6.07) is 15.7. The summed E-state index contributed by atoms with van der Waals surface area (Å²) in [5.74, 6) is 0.859. The fraction of sp³-hybridized carbons (Fsp3) is 0.382. The zero-order chi connectivity index (χ0) is 30.3. The molecule has 0 unspecified atom stereocenters. The van der Waals surface area contributed by atoms with E-state index in [2.05, 4.69) is 44.3 Å². The lowest BCUT2D eigenvalue weighted by Gasteiger charge is -2.27. The van der Waals surface area contributed by atoms with Gasteiger partial charge in [0.1, 0.15) is 11.6 Å². The van der Waals surface area contributed by atoms with Gasteiger partial charge < -0.3 is 20.6 Å². The molecule has 4 rings (SSSR count). The highest BCUT2D eigenvalue weighted by Crippen LogP contribution is 2.45. The number of nitrogens with zero attached hydrogens (tertiary/aromatic N) is 1. The van der Waals surface area contributed by atoms with E-state index >= 15 is 0 Å².